The first-order valence-electron chi connectivity index (χ1n) is 9.77. The Balaban J connectivity index is 0.00000280. The minimum atomic E-state index is -3.14. The van der Waals surface area contributed by atoms with Crippen LogP contribution < -0.4 is 10.6 Å². The van der Waals surface area contributed by atoms with Crippen molar-refractivity contribution in [3.05, 3.63) is 29.8 Å². The van der Waals surface area contributed by atoms with Crippen LogP contribution in [-0.2, 0) is 21.0 Å². The van der Waals surface area contributed by atoms with Crippen molar-refractivity contribution in [1.29, 1.82) is 0 Å². The predicted molar refractivity (Wildman–Crippen MR) is 123 cm³/mol. The third-order valence-corrected chi connectivity index (χ3v) is 7.16. The summed E-state index contributed by atoms with van der Waals surface area (Å²) in [5.41, 5.74) is 1.40. The number of hydrogen-bond acceptors (Lipinski definition) is 4. The van der Waals surface area contributed by atoms with E-state index in [1.807, 2.05) is 12.1 Å². The van der Waals surface area contributed by atoms with Gasteiger partial charge in [0.15, 0.2) is 15.8 Å². The van der Waals surface area contributed by atoms with E-state index in [0.29, 0.717) is 22.5 Å². The van der Waals surface area contributed by atoms with Crippen LogP contribution in [0.3, 0.4) is 0 Å². The largest absolute Gasteiger partial charge is 0.378 e. The molecule has 1 aromatic rings. The summed E-state index contributed by atoms with van der Waals surface area (Å²) in [6.07, 6.45) is 7.23. The van der Waals surface area contributed by atoms with E-state index in [2.05, 4.69) is 22.5 Å². The molecule has 2 unspecified atom stereocenters. The van der Waals surface area contributed by atoms with Crippen molar-refractivity contribution in [3.8, 4) is 0 Å². The average Bonchev–Trinajstić information content (AvgIpc) is 2.57. The van der Waals surface area contributed by atoms with Crippen LogP contribution in [0.4, 0.5) is 0 Å². The Morgan fingerprint density at radius 3 is 2.46 bits per heavy atom. The van der Waals surface area contributed by atoms with Gasteiger partial charge in [0.2, 0.25) is 0 Å². The quantitative estimate of drug-likeness (QED) is 0.328. The molecule has 2 aliphatic carbocycles. The van der Waals surface area contributed by atoms with E-state index in [1.165, 1.54) is 25.5 Å². The molecule has 0 bridgehead atoms. The van der Waals surface area contributed by atoms with Crippen LogP contribution in [0.5, 0.6) is 0 Å². The molecule has 1 spiro atoms. The van der Waals surface area contributed by atoms with Crippen LogP contribution in [0, 0.1) is 5.41 Å². The van der Waals surface area contributed by atoms with E-state index in [4.69, 9.17) is 4.74 Å². The van der Waals surface area contributed by atoms with Gasteiger partial charge >= 0.3 is 0 Å². The second-order valence-electron chi connectivity index (χ2n) is 7.63. The Labute approximate surface area is 185 Å². The van der Waals surface area contributed by atoms with Crippen molar-refractivity contribution in [1.82, 2.24) is 10.6 Å². The van der Waals surface area contributed by atoms with Crippen molar-refractivity contribution in [2.75, 3.05) is 26.5 Å². The lowest BCUT2D eigenvalue weighted by Gasteiger charge is -2.61. The first-order valence-corrected chi connectivity index (χ1v) is 11.7. The fraction of sp³-hybridized carbons (Fsp3) is 0.650. The SMILES string of the molecule is CCOC1CC(NC(=NC)NCCc2ccc(S(C)(=O)=O)cc2)C12CCC2.I. The van der Waals surface area contributed by atoms with Crippen LogP contribution >= 0.6 is 24.0 Å². The van der Waals surface area contributed by atoms with Crippen LogP contribution in [0.2, 0.25) is 0 Å². The second-order valence-corrected chi connectivity index (χ2v) is 9.64. The summed E-state index contributed by atoms with van der Waals surface area (Å²) in [6.45, 7) is 3.59. The normalized spacial score (nSPS) is 23.3. The zero-order valence-electron chi connectivity index (χ0n) is 16.9. The maximum Gasteiger partial charge on any atom is 0.191 e. The smallest absolute Gasteiger partial charge is 0.191 e. The second kappa shape index (κ2) is 9.75. The molecule has 0 heterocycles. The maximum atomic E-state index is 11.5. The summed E-state index contributed by atoms with van der Waals surface area (Å²) in [5.74, 6) is 0.828. The summed E-state index contributed by atoms with van der Waals surface area (Å²) < 4.78 is 29.0. The van der Waals surface area contributed by atoms with E-state index in [1.54, 1.807) is 19.2 Å². The number of nitrogens with one attached hydrogen (secondary N) is 2. The summed E-state index contributed by atoms with van der Waals surface area (Å²) in [7, 11) is -1.35. The van der Waals surface area contributed by atoms with E-state index >= 15 is 0 Å². The van der Waals surface area contributed by atoms with E-state index < -0.39 is 9.84 Å². The zero-order valence-corrected chi connectivity index (χ0v) is 20.0. The van der Waals surface area contributed by atoms with Gasteiger partial charge in [-0.1, -0.05) is 18.6 Å². The number of rotatable bonds is 7. The van der Waals surface area contributed by atoms with Gasteiger partial charge in [0.25, 0.3) is 0 Å². The molecule has 158 valence electrons. The van der Waals surface area contributed by atoms with Crippen molar-refractivity contribution >= 4 is 39.8 Å². The molecule has 8 heteroatoms. The number of halogens is 1. The lowest BCUT2D eigenvalue weighted by atomic mass is 9.51. The molecule has 2 fully saturated rings. The number of hydrogen-bond donors (Lipinski definition) is 2. The number of nitrogens with zero attached hydrogens (tertiary/aromatic N) is 1. The topological polar surface area (TPSA) is 79.8 Å². The molecule has 2 atom stereocenters. The Kier molecular flexibility index (Phi) is 8.16. The molecule has 0 saturated heterocycles. The molecular formula is C20H32IN3O3S. The summed E-state index contributed by atoms with van der Waals surface area (Å²) >= 11 is 0. The number of guanidine groups is 1. The summed E-state index contributed by atoms with van der Waals surface area (Å²) in [6, 6.07) is 7.51. The van der Waals surface area contributed by atoms with E-state index in [0.717, 1.165) is 37.5 Å². The molecule has 0 aromatic heterocycles. The predicted octanol–water partition coefficient (Wildman–Crippen LogP) is 2.76. The van der Waals surface area contributed by atoms with Gasteiger partial charge in [0, 0.05) is 37.9 Å². The number of benzene rings is 1. The molecular weight excluding hydrogens is 489 g/mol. The lowest BCUT2D eigenvalue weighted by molar-refractivity contribution is -0.168. The molecule has 0 aliphatic heterocycles. The Hall–Kier alpha value is -0.870. The van der Waals surface area contributed by atoms with Crippen molar-refractivity contribution < 1.29 is 13.2 Å². The van der Waals surface area contributed by atoms with Gasteiger partial charge in [-0.05, 0) is 50.3 Å². The van der Waals surface area contributed by atoms with Crippen LogP contribution in [0.25, 0.3) is 0 Å². The van der Waals surface area contributed by atoms with Gasteiger partial charge in [0.05, 0.1) is 11.0 Å². The van der Waals surface area contributed by atoms with Gasteiger partial charge < -0.3 is 15.4 Å². The third-order valence-electron chi connectivity index (χ3n) is 6.03. The molecule has 2 N–H and O–H groups in total. The molecule has 6 nitrogen and oxygen atoms in total. The van der Waals surface area contributed by atoms with Gasteiger partial charge in [-0.2, -0.15) is 0 Å². The highest BCUT2D eigenvalue weighted by Crippen LogP contribution is 2.57. The highest BCUT2D eigenvalue weighted by Gasteiger charge is 2.59. The number of ether oxygens (including phenoxy) is 1. The van der Waals surface area contributed by atoms with Crippen LogP contribution in [0.15, 0.2) is 34.2 Å². The minimum Gasteiger partial charge on any atom is -0.378 e. The zero-order chi connectivity index (χ0) is 19.5. The first-order chi connectivity index (χ1) is 12.9. The van der Waals surface area contributed by atoms with Crippen LogP contribution in [-0.4, -0.2) is 53.0 Å². The molecule has 3 rings (SSSR count). The highest BCUT2D eigenvalue weighted by atomic mass is 127. The molecule has 2 aliphatic rings. The monoisotopic (exact) mass is 521 g/mol. The van der Waals surface area contributed by atoms with E-state index in [9.17, 15) is 8.42 Å². The highest BCUT2D eigenvalue weighted by molar-refractivity contribution is 14.0. The Morgan fingerprint density at radius 1 is 1.29 bits per heavy atom. The molecule has 1 aromatic carbocycles. The van der Waals surface area contributed by atoms with Crippen LogP contribution in [0.1, 0.15) is 38.2 Å². The summed E-state index contributed by atoms with van der Waals surface area (Å²) in [5, 5.41) is 6.95. The Morgan fingerprint density at radius 2 is 1.96 bits per heavy atom. The minimum absolute atomic E-state index is 0. The fourth-order valence-corrected chi connectivity index (χ4v) is 4.86. The molecule has 28 heavy (non-hydrogen) atoms. The Bertz CT molecular complexity index is 776. The van der Waals surface area contributed by atoms with Crippen molar-refractivity contribution in [2.24, 2.45) is 10.4 Å². The summed E-state index contributed by atoms with van der Waals surface area (Å²) in [4.78, 5) is 4.71. The van der Waals surface area contributed by atoms with Crippen molar-refractivity contribution in [2.45, 2.75) is 56.1 Å². The standard InChI is InChI=1S/C20H31N3O3S.HI/c1-4-26-18-14-17(20(18)11-5-12-20)23-19(21-2)22-13-10-15-6-8-16(9-7-15)27(3,24)25;/h6-9,17-18H,4-5,10-14H2,1-3H3,(H2,21,22,23);1H. The molecule has 0 radical (unpaired) electrons. The number of sulfone groups is 1. The maximum absolute atomic E-state index is 11.5. The fourth-order valence-electron chi connectivity index (χ4n) is 4.23. The van der Waals surface area contributed by atoms with Gasteiger partial charge in [-0.25, -0.2) is 8.42 Å². The van der Waals surface area contributed by atoms with Gasteiger partial charge in [-0.3, -0.25) is 4.99 Å². The van der Waals surface area contributed by atoms with Gasteiger partial charge in [-0.15, -0.1) is 24.0 Å². The van der Waals surface area contributed by atoms with E-state index in [-0.39, 0.29) is 24.0 Å². The third kappa shape index (κ3) is 4.99. The number of aliphatic imine (C=N–C) groups is 1. The molecule has 0 amide bonds. The van der Waals surface area contributed by atoms with Crippen molar-refractivity contribution in [3.63, 3.8) is 0 Å². The van der Waals surface area contributed by atoms with Gasteiger partial charge in [0.1, 0.15) is 0 Å². The average molecular weight is 521 g/mol. The first kappa shape index (κ1) is 23.4. The molecule has 2 saturated carbocycles. The lowest BCUT2D eigenvalue weighted by Crippen LogP contribution is -2.68.